The number of nitrogens with two attached hydrogens (primary N) is 1. The lowest BCUT2D eigenvalue weighted by atomic mass is 9.82. The minimum atomic E-state index is -2.30. The molecule has 2 bridgehead atoms. The molecule has 2 saturated heterocycles. The highest BCUT2D eigenvalue weighted by Crippen LogP contribution is 2.38. The summed E-state index contributed by atoms with van der Waals surface area (Å²) in [7, 11) is 0. The van der Waals surface area contributed by atoms with E-state index in [9.17, 15) is 65.8 Å². The van der Waals surface area contributed by atoms with Gasteiger partial charge < -0.3 is 86.2 Å². The number of fused-ring (bicyclic) bond motifs is 2. The molecule has 7 unspecified atom stereocenters. The number of nitrogens with one attached hydrogen (secondary N) is 1. The second-order valence-corrected chi connectivity index (χ2v) is 18.0. The fourth-order valence-electron chi connectivity index (χ4n) is 7.88. The molecule has 67 heavy (non-hydrogen) atoms. The van der Waals surface area contributed by atoms with Crippen LogP contribution in [0, 0.1) is 11.8 Å². The van der Waals surface area contributed by atoms with E-state index < -0.39 is 141 Å². The Labute approximate surface area is 392 Å². The van der Waals surface area contributed by atoms with Crippen molar-refractivity contribution in [1.82, 2.24) is 5.32 Å². The first-order valence-electron chi connectivity index (χ1n) is 23.1. The molecule has 2 fully saturated rings. The fourth-order valence-corrected chi connectivity index (χ4v) is 7.88. The molecule has 3 heterocycles. The molecule has 3 aliphatic heterocycles. The van der Waals surface area contributed by atoms with E-state index in [1.54, 1.807) is 73.8 Å². The Hall–Kier alpha value is -3.48. The highest BCUT2D eigenvalue weighted by atomic mass is 16.7. The third kappa shape index (κ3) is 21.4. The molecule has 18 atom stereocenters. The summed E-state index contributed by atoms with van der Waals surface area (Å²) < 4.78 is 23.1. The van der Waals surface area contributed by atoms with Gasteiger partial charge in [-0.3, -0.25) is 9.59 Å². The monoisotopic (exact) mass is 953 g/mol. The van der Waals surface area contributed by atoms with Gasteiger partial charge in [-0.05, 0) is 33.1 Å². The summed E-state index contributed by atoms with van der Waals surface area (Å²) in [6, 6.07) is -1.12. The molecule has 14 N–H and O–H groups in total. The Balaban J connectivity index is 1.89. The molecule has 0 aromatic heterocycles. The topological polar surface area (TPSA) is 332 Å². The van der Waals surface area contributed by atoms with Gasteiger partial charge in [0.15, 0.2) is 12.1 Å². The van der Waals surface area contributed by atoms with Crippen LogP contribution in [0.4, 0.5) is 0 Å². The van der Waals surface area contributed by atoms with Crippen LogP contribution < -0.4 is 11.1 Å². The van der Waals surface area contributed by atoms with Crippen molar-refractivity contribution in [2.45, 2.75) is 176 Å². The Morgan fingerprint density at radius 1 is 0.746 bits per heavy atom. The van der Waals surface area contributed by atoms with Gasteiger partial charge in [-0.1, -0.05) is 92.0 Å². The lowest BCUT2D eigenvalue weighted by Gasteiger charge is -2.45. The van der Waals surface area contributed by atoms with Crippen LogP contribution >= 0.6 is 0 Å². The van der Waals surface area contributed by atoms with Gasteiger partial charge in [0.05, 0.1) is 92.1 Å². The third-order valence-corrected chi connectivity index (χ3v) is 11.6. The second-order valence-electron chi connectivity index (χ2n) is 18.0. The van der Waals surface area contributed by atoms with Crippen LogP contribution in [0.1, 0.15) is 78.6 Å². The van der Waals surface area contributed by atoms with Crippen LogP contribution in [-0.2, 0) is 28.5 Å². The summed E-state index contributed by atoms with van der Waals surface area (Å²) in [6.07, 6.45) is 4.32. The van der Waals surface area contributed by atoms with Gasteiger partial charge >= 0.3 is 5.97 Å². The molecule has 0 aliphatic carbocycles. The minimum absolute atomic E-state index is 0.101. The maximum absolute atomic E-state index is 13.5. The van der Waals surface area contributed by atoms with Crippen molar-refractivity contribution in [3.8, 4) is 0 Å². The SMILES string of the molecule is C[C@H](O)CNC(=O)[C@H]1[C@@H]2CC(O[C@@H]3OC[C@@H](O)[C@H](N)[C@@H]3O)/C=C/C=C/C=C/C=C/C=C/C=C/C=C/[C@H](C)[C@@H](O)C[C@H](C)OC(=O)CC(O)CC(O)CCC(O)C(O)CC(O)CC(O)(C[C@@H]1O)O2. The summed E-state index contributed by atoms with van der Waals surface area (Å²) in [5.74, 6) is -5.35. The van der Waals surface area contributed by atoms with E-state index in [0.29, 0.717) is 0 Å². The van der Waals surface area contributed by atoms with Crippen molar-refractivity contribution in [1.29, 1.82) is 0 Å². The number of carbonyl (C=O) groups is 2. The Morgan fingerprint density at radius 2 is 1.34 bits per heavy atom. The number of cyclic esters (lactones) is 1. The maximum Gasteiger partial charge on any atom is 0.308 e. The van der Waals surface area contributed by atoms with E-state index in [2.05, 4.69) is 5.32 Å². The summed E-state index contributed by atoms with van der Waals surface area (Å²) in [5, 5.41) is 121. The normalized spacial score (nSPS) is 42.7. The van der Waals surface area contributed by atoms with Gasteiger partial charge in [-0.25, -0.2) is 0 Å². The third-order valence-electron chi connectivity index (χ3n) is 11.6. The van der Waals surface area contributed by atoms with Crippen molar-refractivity contribution in [2.24, 2.45) is 17.6 Å². The number of aliphatic hydroxyl groups is 11. The van der Waals surface area contributed by atoms with Gasteiger partial charge in [0, 0.05) is 44.6 Å². The average Bonchev–Trinajstić information content (AvgIpc) is 3.23. The summed E-state index contributed by atoms with van der Waals surface area (Å²) >= 11 is 0. The highest BCUT2D eigenvalue weighted by Gasteiger charge is 2.50. The summed E-state index contributed by atoms with van der Waals surface area (Å²) in [5.41, 5.74) is 5.98. The van der Waals surface area contributed by atoms with E-state index in [4.69, 9.17) is 24.7 Å². The predicted molar refractivity (Wildman–Crippen MR) is 245 cm³/mol. The molecular formula is C48H76N2O17. The van der Waals surface area contributed by atoms with Gasteiger partial charge in [0.25, 0.3) is 0 Å². The van der Waals surface area contributed by atoms with E-state index >= 15 is 0 Å². The minimum Gasteiger partial charge on any atom is -0.462 e. The molecule has 0 aromatic rings. The molecule has 19 nitrogen and oxygen atoms in total. The first-order chi connectivity index (χ1) is 31.7. The average molecular weight is 953 g/mol. The lowest BCUT2D eigenvalue weighted by molar-refractivity contribution is -0.304. The van der Waals surface area contributed by atoms with Crippen molar-refractivity contribution in [2.75, 3.05) is 13.2 Å². The fraction of sp³-hybridized carbons (Fsp3) is 0.667. The first-order valence-corrected chi connectivity index (χ1v) is 23.1. The van der Waals surface area contributed by atoms with Gasteiger partial charge in [-0.15, -0.1) is 0 Å². The summed E-state index contributed by atoms with van der Waals surface area (Å²) in [4.78, 5) is 26.0. The zero-order valence-corrected chi connectivity index (χ0v) is 38.6. The Morgan fingerprint density at radius 3 is 1.96 bits per heavy atom. The lowest BCUT2D eigenvalue weighted by Crippen LogP contribution is -2.59. The second kappa shape index (κ2) is 29.5. The molecule has 3 aliphatic rings. The van der Waals surface area contributed by atoms with Crippen molar-refractivity contribution in [3.63, 3.8) is 0 Å². The van der Waals surface area contributed by atoms with Crippen molar-refractivity contribution >= 4 is 11.9 Å². The van der Waals surface area contributed by atoms with Crippen molar-refractivity contribution < 1.29 is 84.7 Å². The van der Waals surface area contributed by atoms with Crippen LogP contribution in [0.25, 0.3) is 0 Å². The van der Waals surface area contributed by atoms with E-state index in [1.807, 2.05) is 25.2 Å². The number of rotatable bonds is 5. The number of amides is 1. The van der Waals surface area contributed by atoms with E-state index in [-0.39, 0.29) is 51.2 Å². The zero-order valence-electron chi connectivity index (χ0n) is 38.6. The number of esters is 1. The number of carbonyl (C=O) groups excluding carboxylic acids is 2. The number of aliphatic hydroxyl groups excluding tert-OH is 10. The molecule has 380 valence electrons. The highest BCUT2D eigenvalue weighted by molar-refractivity contribution is 5.80. The van der Waals surface area contributed by atoms with E-state index in [0.717, 1.165) is 0 Å². The zero-order chi connectivity index (χ0) is 49.7. The molecule has 0 aromatic carbocycles. The predicted octanol–water partition coefficient (Wildman–Crippen LogP) is -0.510. The van der Waals surface area contributed by atoms with Gasteiger partial charge in [0.2, 0.25) is 5.91 Å². The van der Waals surface area contributed by atoms with Crippen LogP contribution in [0.15, 0.2) is 85.1 Å². The summed E-state index contributed by atoms with van der Waals surface area (Å²) in [6.45, 7) is 4.46. The molecule has 0 spiro atoms. The molecule has 0 radical (unpaired) electrons. The number of ether oxygens (including phenoxy) is 4. The smallest absolute Gasteiger partial charge is 0.308 e. The molecule has 3 rings (SSSR count). The first kappa shape index (κ1) is 57.8. The number of hydrogen-bond donors (Lipinski definition) is 13. The Bertz CT molecular complexity index is 1690. The van der Waals surface area contributed by atoms with Gasteiger partial charge in [-0.2, -0.15) is 0 Å². The molecular weight excluding hydrogens is 877 g/mol. The Kier molecular flexibility index (Phi) is 25.5. The molecule has 19 heteroatoms. The van der Waals surface area contributed by atoms with Crippen LogP contribution in [0.5, 0.6) is 0 Å². The molecule has 1 amide bonds. The largest absolute Gasteiger partial charge is 0.462 e. The van der Waals surface area contributed by atoms with Crippen molar-refractivity contribution in [3.05, 3.63) is 85.1 Å². The van der Waals surface area contributed by atoms with E-state index in [1.165, 1.54) is 6.92 Å². The van der Waals surface area contributed by atoms with Crippen LogP contribution in [0.3, 0.4) is 0 Å². The number of allylic oxidation sites excluding steroid dienone is 12. The van der Waals surface area contributed by atoms with Crippen LogP contribution in [0.2, 0.25) is 0 Å². The van der Waals surface area contributed by atoms with Gasteiger partial charge in [0.1, 0.15) is 12.2 Å². The standard InChI is InChI=1S/C48H76N2O17/c1-29-16-14-12-10-8-6-4-5-7-9-11-13-15-17-35(66-47-45(61)44(49)40(59)28-64-47)24-41-43(46(62)50-27-30(2)51)39(58)26-48(63,67-41)25-34(54)22-38(57)36(55)19-18-32(52)21-33(53)23-42(60)65-31(3)20-37(29)56/h4-17,29-41,43-45,47,51-59,61,63H,18-28,49H2,1-3H3,(H,50,62)/b5-4+,8-6+,9-7+,12-10+,13-11+,16-14+,17-15+/t29-,30-,31-,32?,33?,34?,35?,36?,37-,38?,39-,40+,41-,43+,44-,45-,47-,48?/m0/s1. The molecule has 0 saturated carbocycles. The number of hydrogen-bond acceptors (Lipinski definition) is 18. The quantitative estimate of drug-likeness (QED) is 0.154. The van der Waals surface area contributed by atoms with Crippen LogP contribution in [-0.4, -0.2) is 179 Å². The maximum atomic E-state index is 13.5.